The fourth-order valence-electron chi connectivity index (χ4n) is 3.80. The number of H-pyrrole nitrogens is 1. The summed E-state index contributed by atoms with van der Waals surface area (Å²) < 4.78 is 26.6. The first-order chi connectivity index (χ1) is 13.9. The molecule has 29 heavy (non-hydrogen) atoms. The standard InChI is InChI=1S/C21H24N4O3S/c1-14-6-5-9-16(12-14)29(27,28)21-18(24-17-10-11-22-19(17)25-21)13-23-20(26)15-7-3-2-4-8-15/h5-6,9-12,15H,2-4,7-8,13H2,1H3,(H,22,25)(H,23,26). The minimum atomic E-state index is -3.88. The van der Waals surface area contributed by atoms with Crippen LogP contribution >= 0.6 is 0 Å². The van der Waals surface area contributed by atoms with Gasteiger partial charge in [0.1, 0.15) is 5.52 Å². The van der Waals surface area contributed by atoms with Gasteiger partial charge in [-0.25, -0.2) is 18.4 Å². The highest BCUT2D eigenvalue weighted by atomic mass is 32.2. The molecule has 0 saturated heterocycles. The Morgan fingerprint density at radius 2 is 1.97 bits per heavy atom. The number of aromatic nitrogens is 3. The van der Waals surface area contributed by atoms with E-state index in [0.29, 0.717) is 11.2 Å². The van der Waals surface area contributed by atoms with E-state index in [0.717, 1.165) is 37.7 Å². The molecule has 0 radical (unpaired) electrons. The van der Waals surface area contributed by atoms with Crippen molar-refractivity contribution in [3.05, 3.63) is 47.8 Å². The van der Waals surface area contributed by atoms with Gasteiger partial charge in [0.25, 0.3) is 0 Å². The van der Waals surface area contributed by atoms with Gasteiger partial charge in [-0.3, -0.25) is 4.79 Å². The Balaban J connectivity index is 1.68. The van der Waals surface area contributed by atoms with Crippen LogP contribution in [-0.4, -0.2) is 29.3 Å². The molecule has 1 fully saturated rings. The lowest BCUT2D eigenvalue weighted by atomic mass is 9.89. The van der Waals surface area contributed by atoms with Gasteiger partial charge >= 0.3 is 0 Å². The van der Waals surface area contributed by atoms with Gasteiger partial charge in [0.15, 0.2) is 10.7 Å². The smallest absolute Gasteiger partial charge is 0.225 e. The molecule has 1 amide bonds. The maximum atomic E-state index is 13.3. The van der Waals surface area contributed by atoms with Crippen LogP contribution in [0.25, 0.3) is 11.2 Å². The third-order valence-corrected chi connectivity index (χ3v) is 7.09. The lowest BCUT2D eigenvalue weighted by molar-refractivity contribution is -0.126. The number of carbonyl (C=O) groups excluding carboxylic acids is 1. The summed E-state index contributed by atoms with van der Waals surface area (Å²) in [5.41, 5.74) is 2.06. The van der Waals surface area contributed by atoms with E-state index in [1.54, 1.807) is 30.5 Å². The summed E-state index contributed by atoms with van der Waals surface area (Å²) in [5.74, 6) is -0.0518. The van der Waals surface area contributed by atoms with E-state index in [-0.39, 0.29) is 34.0 Å². The van der Waals surface area contributed by atoms with Crippen molar-refractivity contribution in [2.24, 2.45) is 5.92 Å². The van der Waals surface area contributed by atoms with Crippen LogP contribution in [0.1, 0.15) is 43.4 Å². The molecular weight excluding hydrogens is 388 g/mol. The maximum absolute atomic E-state index is 13.3. The molecule has 8 heteroatoms. The van der Waals surface area contributed by atoms with E-state index >= 15 is 0 Å². The van der Waals surface area contributed by atoms with E-state index in [4.69, 9.17) is 0 Å². The van der Waals surface area contributed by atoms with Crippen molar-refractivity contribution in [1.29, 1.82) is 0 Å². The third kappa shape index (κ3) is 4.03. The normalized spacial score (nSPS) is 15.5. The van der Waals surface area contributed by atoms with Crippen molar-refractivity contribution >= 4 is 26.9 Å². The topological polar surface area (TPSA) is 105 Å². The second-order valence-corrected chi connectivity index (χ2v) is 9.42. The van der Waals surface area contributed by atoms with E-state index in [9.17, 15) is 13.2 Å². The van der Waals surface area contributed by atoms with Gasteiger partial charge in [-0.05, 0) is 43.5 Å². The summed E-state index contributed by atoms with van der Waals surface area (Å²) in [6.07, 6.45) is 6.70. The van der Waals surface area contributed by atoms with Crippen molar-refractivity contribution in [2.75, 3.05) is 0 Å². The molecule has 0 atom stereocenters. The number of sulfone groups is 1. The van der Waals surface area contributed by atoms with Gasteiger partial charge in [0, 0.05) is 12.1 Å². The van der Waals surface area contributed by atoms with Crippen LogP contribution in [0, 0.1) is 12.8 Å². The Labute approximate surface area is 169 Å². The van der Waals surface area contributed by atoms with Gasteiger partial charge in [-0.1, -0.05) is 31.4 Å². The zero-order chi connectivity index (χ0) is 20.4. The van der Waals surface area contributed by atoms with E-state index in [1.807, 2.05) is 13.0 Å². The zero-order valence-corrected chi connectivity index (χ0v) is 17.1. The second-order valence-electron chi connectivity index (χ2n) is 7.56. The van der Waals surface area contributed by atoms with Crippen molar-refractivity contribution in [3.8, 4) is 0 Å². The molecule has 2 aromatic heterocycles. The third-order valence-electron chi connectivity index (χ3n) is 5.38. The van der Waals surface area contributed by atoms with Crippen LogP contribution in [-0.2, 0) is 21.2 Å². The van der Waals surface area contributed by atoms with E-state index < -0.39 is 9.84 Å². The number of hydrogen-bond donors (Lipinski definition) is 2. The molecule has 0 bridgehead atoms. The molecule has 1 aromatic carbocycles. The van der Waals surface area contributed by atoms with E-state index in [1.165, 1.54) is 0 Å². The number of fused-ring (bicyclic) bond motifs is 1. The monoisotopic (exact) mass is 412 g/mol. The van der Waals surface area contributed by atoms with E-state index in [2.05, 4.69) is 20.3 Å². The molecule has 1 aliphatic carbocycles. The van der Waals surface area contributed by atoms with Gasteiger partial charge in [0.05, 0.1) is 17.1 Å². The van der Waals surface area contributed by atoms with Crippen LogP contribution < -0.4 is 5.32 Å². The number of nitrogens with zero attached hydrogens (tertiary/aromatic N) is 2. The van der Waals surface area contributed by atoms with Crippen molar-refractivity contribution in [1.82, 2.24) is 20.3 Å². The number of rotatable bonds is 5. The molecular formula is C21H24N4O3S. The first-order valence-corrected chi connectivity index (χ1v) is 11.4. The minimum absolute atomic E-state index is 0.00970. The summed E-state index contributed by atoms with van der Waals surface area (Å²) in [7, 11) is -3.88. The van der Waals surface area contributed by atoms with Crippen LogP contribution in [0.4, 0.5) is 0 Å². The molecule has 152 valence electrons. The molecule has 3 aromatic rings. The highest BCUT2D eigenvalue weighted by Gasteiger charge is 2.27. The maximum Gasteiger partial charge on any atom is 0.225 e. The number of nitrogens with one attached hydrogen (secondary N) is 2. The second kappa shape index (κ2) is 7.94. The number of aromatic amines is 1. The SMILES string of the molecule is Cc1cccc(S(=O)(=O)c2nc3[nH]ccc3nc2CNC(=O)C2CCCCC2)c1. The molecule has 0 unspecified atom stereocenters. The number of benzene rings is 1. The number of carbonyl (C=O) groups is 1. The Bertz CT molecular complexity index is 1150. The summed E-state index contributed by atoms with van der Waals surface area (Å²) in [4.78, 5) is 24.4. The average Bonchev–Trinajstić information content (AvgIpc) is 3.19. The lowest BCUT2D eigenvalue weighted by Crippen LogP contribution is -2.32. The fourth-order valence-corrected chi connectivity index (χ4v) is 5.26. The van der Waals surface area contributed by atoms with Crippen LogP contribution in [0.2, 0.25) is 0 Å². The Kier molecular flexibility index (Phi) is 5.36. The van der Waals surface area contributed by atoms with Gasteiger partial charge in [-0.15, -0.1) is 0 Å². The Morgan fingerprint density at radius 3 is 2.72 bits per heavy atom. The van der Waals surface area contributed by atoms with Crippen molar-refractivity contribution in [2.45, 2.75) is 55.5 Å². The first kappa shape index (κ1) is 19.6. The number of hydrogen-bond acceptors (Lipinski definition) is 5. The predicted molar refractivity (Wildman–Crippen MR) is 109 cm³/mol. The van der Waals surface area contributed by atoms with Crippen molar-refractivity contribution < 1.29 is 13.2 Å². The molecule has 4 rings (SSSR count). The fraction of sp³-hybridized carbons (Fsp3) is 0.381. The van der Waals surface area contributed by atoms with Crippen molar-refractivity contribution in [3.63, 3.8) is 0 Å². The lowest BCUT2D eigenvalue weighted by Gasteiger charge is -2.20. The molecule has 0 spiro atoms. The van der Waals surface area contributed by atoms with Gasteiger partial charge in [-0.2, -0.15) is 0 Å². The largest absolute Gasteiger partial charge is 0.350 e. The van der Waals surface area contributed by atoms with Gasteiger partial charge < -0.3 is 10.3 Å². The van der Waals surface area contributed by atoms with Crippen LogP contribution in [0.3, 0.4) is 0 Å². The molecule has 7 nitrogen and oxygen atoms in total. The highest BCUT2D eigenvalue weighted by molar-refractivity contribution is 7.91. The Hall–Kier alpha value is -2.74. The predicted octanol–water partition coefficient (Wildman–Crippen LogP) is 3.30. The minimum Gasteiger partial charge on any atom is -0.350 e. The summed E-state index contributed by atoms with van der Waals surface area (Å²) in [6.45, 7) is 1.87. The summed E-state index contributed by atoms with van der Waals surface area (Å²) >= 11 is 0. The van der Waals surface area contributed by atoms with Gasteiger partial charge in [0.2, 0.25) is 15.7 Å². The first-order valence-electron chi connectivity index (χ1n) is 9.88. The quantitative estimate of drug-likeness (QED) is 0.669. The molecule has 2 heterocycles. The molecule has 1 saturated carbocycles. The zero-order valence-electron chi connectivity index (χ0n) is 16.3. The summed E-state index contributed by atoms with van der Waals surface area (Å²) in [5, 5.41) is 2.76. The highest BCUT2D eigenvalue weighted by Crippen LogP contribution is 2.26. The van der Waals surface area contributed by atoms with Crippen LogP contribution in [0.5, 0.6) is 0 Å². The molecule has 2 N–H and O–H groups in total. The number of amides is 1. The molecule has 1 aliphatic rings. The number of aryl methyl sites for hydroxylation is 1. The van der Waals surface area contributed by atoms with Crippen LogP contribution in [0.15, 0.2) is 46.5 Å². The Morgan fingerprint density at radius 1 is 1.17 bits per heavy atom. The summed E-state index contributed by atoms with van der Waals surface area (Å²) in [6, 6.07) is 8.43. The molecule has 0 aliphatic heterocycles. The average molecular weight is 413 g/mol.